The van der Waals surface area contributed by atoms with E-state index in [1.54, 1.807) is 0 Å². The first kappa shape index (κ1) is 12.1. The lowest BCUT2D eigenvalue weighted by Gasteiger charge is -2.08. The fraction of sp³-hybridized carbons (Fsp3) is 0.143. The van der Waals surface area contributed by atoms with Gasteiger partial charge in [-0.05, 0) is 24.1 Å². The summed E-state index contributed by atoms with van der Waals surface area (Å²) in [5, 5.41) is 12.3. The maximum atomic E-state index is 11.9. The quantitative estimate of drug-likeness (QED) is 0.865. The van der Waals surface area contributed by atoms with Gasteiger partial charge in [-0.15, -0.1) is 0 Å². The molecule has 0 spiro atoms. The van der Waals surface area contributed by atoms with Crippen LogP contribution in [0.2, 0.25) is 0 Å². The first-order valence-electron chi connectivity index (χ1n) is 5.64. The Bertz CT molecular complexity index is 567. The van der Waals surface area contributed by atoms with Gasteiger partial charge in [0.05, 0.1) is 11.8 Å². The highest BCUT2D eigenvalue weighted by molar-refractivity contribution is 5.96. The molecular weight excluding hydrogens is 228 g/mol. The normalized spacial score (nSPS) is 10.1. The van der Waals surface area contributed by atoms with Gasteiger partial charge in [-0.3, -0.25) is 9.78 Å². The molecule has 2 rings (SSSR count). The highest BCUT2D eigenvalue weighted by Crippen LogP contribution is 2.14. The van der Waals surface area contributed by atoms with E-state index in [4.69, 9.17) is 0 Å². The second-order valence-electron chi connectivity index (χ2n) is 4.00. The van der Waals surface area contributed by atoms with Crippen LogP contribution in [-0.4, -0.2) is 16.0 Å². The number of aromatic nitrogens is 1. The Labute approximate surface area is 105 Å². The topological polar surface area (TPSA) is 62.2 Å². The molecule has 2 N–H and O–H groups in total. The second-order valence-corrected chi connectivity index (χ2v) is 4.00. The molecule has 0 aliphatic rings. The van der Waals surface area contributed by atoms with Gasteiger partial charge in [0.25, 0.3) is 5.91 Å². The van der Waals surface area contributed by atoms with Gasteiger partial charge in [0, 0.05) is 12.7 Å². The molecule has 0 atom stereocenters. The minimum Gasteiger partial charge on any atom is -0.505 e. The lowest BCUT2D eigenvalue weighted by atomic mass is 10.1. The first-order chi connectivity index (χ1) is 8.68. The molecule has 18 heavy (non-hydrogen) atoms. The van der Waals surface area contributed by atoms with Crippen LogP contribution in [0.25, 0.3) is 0 Å². The van der Waals surface area contributed by atoms with Crippen LogP contribution in [0.5, 0.6) is 5.75 Å². The number of pyridine rings is 1. The molecule has 0 aliphatic carbocycles. The average Bonchev–Trinajstić information content (AvgIpc) is 2.38. The largest absolute Gasteiger partial charge is 0.505 e. The van der Waals surface area contributed by atoms with E-state index in [-0.39, 0.29) is 17.2 Å². The van der Waals surface area contributed by atoms with E-state index in [0.717, 1.165) is 11.1 Å². The first-order valence-corrected chi connectivity index (χ1v) is 5.64. The number of aryl methyl sites for hydroxylation is 1. The van der Waals surface area contributed by atoms with Crippen LogP contribution in [0.1, 0.15) is 21.5 Å². The molecule has 4 heteroatoms. The third-order valence-corrected chi connectivity index (χ3v) is 2.75. The zero-order valence-corrected chi connectivity index (χ0v) is 10.1. The van der Waals surface area contributed by atoms with Gasteiger partial charge in [0.1, 0.15) is 5.75 Å². The van der Waals surface area contributed by atoms with E-state index < -0.39 is 0 Å². The molecule has 1 aromatic carbocycles. The molecular formula is C14H14N2O2. The van der Waals surface area contributed by atoms with E-state index in [9.17, 15) is 9.90 Å². The van der Waals surface area contributed by atoms with Gasteiger partial charge in [-0.1, -0.05) is 24.3 Å². The molecule has 4 nitrogen and oxygen atoms in total. The summed E-state index contributed by atoms with van der Waals surface area (Å²) in [5.41, 5.74) is 2.41. The third kappa shape index (κ3) is 2.66. The maximum absolute atomic E-state index is 11.9. The molecule has 0 unspecified atom stereocenters. The highest BCUT2D eigenvalue weighted by Gasteiger charge is 2.10. The van der Waals surface area contributed by atoms with Gasteiger partial charge >= 0.3 is 0 Å². The average molecular weight is 242 g/mol. The molecule has 0 saturated heterocycles. The SMILES string of the molecule is Cc1ccccc1CNC(=O)c1ccncc1O. The van der Waals surface area contributed by atoms with Crippen molar-refractivity contribution in [3.63, 3.8) is 0 Å². The number of nitrogens with one attached hydrogen (secondary N) is 1. The fourth-order valence-electron chi connectivity index (χ4n) is 1.66. The molecule has 92 valence electrons. The zero-order chi connectivity index (χ0) is 13.0. The maximum Gasteiger partial charge on any atom is 0.255 e. The number of nitrogens with zero attached hydrogens (tertiary/aromatic N) is 1. The van der Waals surface area contributed by atoms with Crippen LogP contribution in [0.15, 0.2) is 42.7 Å². The van der Waals surface area contributed by atoms with Crippen LogP contribution in [0.3, 0.4) is 0 Å². The lowest BCUT2D eigenvalue weighted by molar-refractivity contribution is 0.0948. The van der Waals surface area contributed by atoms with Gasteiger partial charge in [0.15, 0.2) is 0 Å². The molecule has 0 bridgehead atoms. The number of amides is 1. The van der Waals surface area contributed by atoms with Crippen molar-refractivity contribution in [1.29, 1.82) is 0 Å². The molecule has 0 aliphatic heterocycles. The van der Waals surface area contributed by atoms with E-state index in [1.807, 2.05) is 31.2 Å². The number of benzene rings is 1. The van der Waals surface area contributed by atoms with Gasteiger partial charge in [0.2, 0.25) is 0 Å². The minimum absolute atomic E-state index is 0.111. The summed E-state index contributed by atoms with van der Waals surface area (Å²) >= 11 is 0. The Morgan fingerprint density at radius 1 is 1.33 bits per heavy atom. The van der Waals surface area contributed by atoms with Crippen molar-refractivity contribution in [2.75, 3.05) is 0 Å². The predicted octanol–water partition coefficient (Wildman–Crippen LogP) is 2.03. The summed E-state index contributed by atoms with van der Waals surface area (Å²) in [6.45, 7) is 2.43. The van der Waals surface area contributed by atoms with Crippen molar-refractivity contribution >= 4 is 5.91 Å². The predicted molar refractivity (Wildman–Crippen MR) is 68.3 cm³/mol. The summed E-state index contributed by atoms with van der Waals surface area (Å²) < 4.78 is 0. The third-order valence-electron chi connectivity index (χ3n) is 2.75. The Kier molecular flexibility index (Phi) is 3.57. The standard InChI is InChI=1S/C14H14N2O2/c1-10-4-2-3-5-11(10)8-16-14(18)12-6-7-15-9-13(12)17/h2-7,9,17H,8H2,1H3,(H,16,18). The van der Waals surface area contributed by atoms with Gasteiger partial charge in [-0.25, -0.2) is 0 Å². The highest BCUT2D eigenvalue weighted by atomic mass is 16.3. The van der Waals surface area contributed by atoms with Crippen molar-refractivity contribution in [2.24, 2.45) is 0 Å². The number of carbonyl (C=O) groups excluding carboxylic acids is 1. The number of rotatable bonds is 3. The number of hydrogen-bond donors (Lipinski definition) is 2. The van der Waals surface area contributed by atoms with Crippen LogP contribution >= 0.6 is 0 Å². The molecule has 2 aromatic rings. The Hall–Kier alpha value is -2.36. The summed E-state index contributed by atoms with van der Waals surface area (Å²) in [4.78, 5) is 15.6. The van der Waals surface area contributed by atoms with Crippen LogP contribution < -0.4 is 5.32 Å². The molecule has 0 radical (unpaired) electrons. The summed E-state index contributed by atoms with van der Waals surface area (Å²) in [6.07, 6.45) is 2.73. The van der Waals surface area contributed by atoms with Crippen molar-refractivity contribution in [2.45, 2.75) is 13.5 Å². The molecule has 1 heterocycles. The summed E-state index contributed by atoms with van der Waals surface area (Å²) in [6, 6.07) is 9.32. The summed E-state index contributed by atoms with van der Waals surface area (Å²) in [5.74, 6) is -0.419. The van der Waals surface area contributed by atoms with E-state index in [1.165, 1.54) is 18.5 Å². The van der Waals surface area contributed by atoms with E-state index in [2.05, 4.69) is 10.3 Å². The monoisotopic (exact) mass is 242 g/mol. The van der Waals surface area contributed by atoms with Crippen molar-refractivity contribution < 1.29 is 9.90 Å². The Morgan fingerprint density at radius 2 is 2.11 bits per heavy atom. The van der Waals surface area contributed by atoms with Crippen LogP contribution in [0.4, 0.5) is 0 Å². The van der Waals surface area contributed by atoms with Crippen molar-refractivity contribution in [1.82, 2.24) is 10.3 Å². The molecule has 1 aromatic heterocycles. The summed E-state index contributed by atoms with van der Waals surface area (Å²) in [7, 11) is 0. The van der Waals surface area contributed by atoms with Gasteiger partial charge in [-0.2, -0.15) is 0 Å². The van der Waals surface area contributed by atoms with Crippen molar-refractivity contribution in [3.05, 3.63) is 59.4 Å². The fourth-order valence-corrected chi connectivity index (χ4v) is 1.66. The zero-order valence-electron chi connectivity index (χ0n) is 10.1. The number of carbonyl (C=O) groups is 1. The van der Waals surface area contributed by atoms with Crippen LogP contribution in [-0.2, 0) is 6.54 Å². The molecule has 0 saturated carbocycles. The Morgan fingerprint density at radius 3 is 2.83 bits per heavy atom. The number of hydrogen-bond acceptors (Lipinski definition) is 3. The van der Waals surface area contributed by atoms with Gasteiger partial charge < -0.3 is 10.4 Å². The van der Waals surface area contributed by atoms with E-state index >= 15 is 0 Å². The molecule has 1 amide bonds. The van der Waals surface area contributed by atoms with Crippen LogP contribution in [0, 0.1) is 6.92 Å². The molecule has 0 fully saturated rings. The van der Waals surface area contributed by atoms with E-state index in [0.29, 0.717) is 6.54 Å². The van der Waals surface area contributed by atoms with Crippen molar-refractivity contribution in [3.8, 4) is 5.75 Å². The number of aromatic hydroxyl groups is 1. The second kappa shape index (κ2) is 5.31. The minimum atomic E-state index is -0.307. The smallest absolute Gasteiger partial charge is 0.255 e. The Balaban J connectivity index is 2.06. The lowest BCUT2D eigenvalue weighted by Crippen LogP contribution is -2.23.